The highest BCUT2D eigenvalue weighted by molar-refractivity contribution is 9.10. The number of benzene rings is 1. The number of hydrogen-bond donors (Lipinski definition) is 1. The van der Waals surface area contributed by atoms with Crippen LogP contribution in [0.5, 0.6) is 0 Å². The molecule has 0 aliphatic carbocycles. The lowest BCUT2D eigenvalue weighted by molar-refractivity contribution is 0.172. The summed E-state index contributed by atoms with van der Waals surface area (Å²) >= 11 is 3.57. The SMILES string of the molecule is CCc1nn(CC)c(CC(O)Cc2cccc(F)c2)c1Br. The first kappa shape index (κ1) is 16.2. The van der Waals surface area contributed by atoms with E-state index in [9.17, 15) is 9.50 Å². The molecule has 1 N–H and O–H groups in total. The molecule has 114 valence electrons. The number of hydrogen-bond acceptors (Lipinski definition) is 2. The summed E-state index contributed by atoms with van der Waals surface area (Å²) in [6, 6.07) is 6.37. The van der Waals surface area contributed by atoms with E-state index in [1.54, 1.807) is 6.07 Å². The van der Waals surface area contributed by atoms with Crippen LogP contribution in [0.3, 0.4) is 0 Å². The lowest BCUT2D eigenvalue weighted by Crippen LogP contribution is -2.17. The number of aliphatic hydroxyl groups excluding tert-OH is 1. The molecule has 0 amide bonds. The van der Waals surface area contributed by atoms with Crippen molar-refractivity contribution in [3.63, 3.8) is 0 Å². The van der Waals surface area contributed by atoms with Gasteiger partial charge in [0.1, 0.15) is 5.82 Å². The third kappa shape index (κ3) is 3.92. The van der Waals surface area contributed by atoms with Crippen molar-refractivity contribution in [2.45, 2.75) is 45.8 Å². The number of aliphatic hydroxyl groups is 1. The summed E-state index contributed by atoms with van der Waals surface area (Å²) in [5.74, 6) is -0.271. The van der Waals surface area contributed by atoms with Crippen LogP contribution in [0.15, 0.2) is 28.7 Å². The predicted molar refractivity (Wildman–Crippen MR) is 84.8 cm³/mol. The lowest BCUT2D eigenvalue weighted by Gasteiger charge is -2.12. The Morgan fingerprint density at radius 1 is 1.33 bits per heavy atom. The van der Waals surface area contributed by atoms with Gasteiger partial charge in [-0.1, -0.05) is 19.1 Å². The van der Waals surface area contributed by atoms with Gasteiger partial charge in [-0.2, -0.15) is 5.10 Å². The fourth-order valence-corrected chi connectivity index (χ4v) is 3.17. The van der Waals surface area contributed by atoms with Crippen LogP contribution >= 0.6 is 15.9 Å². The van der Waals surface area contributed by atoms with Crippen LogP contribution in [0.25, 0.3) is 0 Å². The first-order valence-electron chi connectivity index (χ1n) is 7.21. The summed E-state index contributed by atoms with van der Waals surface area (Å²) in [6.45, 7) is 4.85. The van der Waals surface area contributed by atoms with Gasteiger partial charge in [0.25, 0.3) is 0 Å². The minimum atomic E-state index is -0.560. The molecular formula is C16H20BrFN2O. The molecule has 0 spiro atoms. The Hall–Kier alpha value is -1.20. The van der Waals surface area contributed by atoms with E-state index < -0.39 is 6.10 Å². The average molecular weight is 355 g/mol. The molecule has 0 radical (unpaired) electrons. The van der Waals surface area contributed by atoms with Crippen LogP contribution in [0.2, 0.25) is 0 Å². The van der Waals surface area contributed by atoms with Gasteiger partial charge in [-0.15, -0.1) is 0 Å². The van der Waals surface area contributed by atoms with Gasteiger partial charge in [-0.3, -0.25) is 4.68 Å². The molecule has 0 aliphatic heterocycles. The summed E-state index contributed by atoms with van der Waals surface area (Å²) in [7, 11) is 0. The largest absolute Gasteiger partial charge is 0.392 e. The fourth-order valence-electron chi connectivity index (χ4n) is 2.44. The molecule has 21 heavy (non-hydrogen) atoms. The molecule has 0 fully saturated rings. The maximum absolute atomic E-state index is 13.2. The third-order valence-electron chi connectivity index (χ3n) is 3.48. The fraction of sp³-hybridized carbons (Fsp3) is 0.438. The lowest BCUT2D eigenvalue weighted by atomic mass is 10.0. The molecule has 5 heteroatoms. The topological polar surface area (TPSA) is 38.0 Å². The van der Waals surface area contributed by atoms with Crippen LogP contribution < -0.4 is 0 Å². The van der Waals surface area contributed by atoms with E-state index in [1.807, 2.05) is 17.7 Å². The second-order valence-corrected chi connectivity index (χ2v) is 5.86. The van der Waals surface area contributed by atoms with E-state index in [0.717, 1.165) is 34.4 Å². The molecular weight excluding hydrogens is 335 g/mol. The van der Waals surface area contributed by atoms with E-state index in [2.05, 4.69) is 28.0 Å². The van der Waals surface area contributed by atoms with Crippen molar-refractivity contribution in [1.29, 1.82) is 0 Å². The Morgan fingerprint density at radius 2 is 2.10 bits per heavy atom. The second-order valence-electron chi connectivity index (χ2n) is 5.07. The van der Waals surface area contributed by atoms with Crippen molar-refractivity contribution >= 4 is 15.9 Å². The molecule has 1 heterocycles. The van der Waals surface area contributed by atoms with Gasteiger partial charge in [-0.05, 0) is 53.4 Å². The maximum atomic E-state index is 13.2. The standard InChI is InChI=1S/C16H20BrFN2O/c1-3-14-16(17)15(20(4-2)19-14)10-13(21)9-11-6-5-7-12(18)8-11/h5-8,13,21H,3-4,9-10H2,1-2H3. The predicted octanol–water partition coefficient (Wildman–Crippen LogP) is 3.51. The zero-order chi connectivity index (χ0) is 15.4. The quantitative estimate of drug-likeness (QED) is 0.861. The first-order chi connectivity index (χ1) is 10.0. The molecule has 3 nitrogen and oxygen atoms in total. The summed E-state index contributed by atoms with van der Waals surface area (Å²) in [4.78, 5) is 0. The van der Waals surface area contributed by atoms with E-state index in [1.165, 1.54) is 12.1 Å². The number of halogens is 2. The van der Waals surface area contributed by atoms with Crippen molar-refractivity contribution < 1.29 is 9.50 Å². The summed E-state index contributed by atoms with van der Waals surface area (Å²) < 4.78 is 16.1. The van der Waals surface area contributed by atoms with Crippen molar-refractivity contribution in [3.05, 3.63) is 51.5 Å². The van der Waals surface area contributed by atoms with Crippen LogP contribution in [-0.4, -0.2) is 21.0 Å². The monoisotopic (exact) mass is 354 g/mol. The Labute approximate surface area is 132 Å². The molecule has 1 aromatic heterocycles. The van der Waals surface area contributed by atoms with Gasteiger partial charge < -0.3 is 5.11 Å². The van der Waals surface area contributed by atoms with Gasteiger partial charge in [0.15, 0.2) is 0 Å². The molecule has 0 saturated carbocycles. The first-order valence-corrected chi connectivity index (χ1v) is 8.01. The number of nitrogens with zero attached hydrogens (tertiary/aromatic N) is 2. The Bertz CT molecular complexity index is 612. The van der Waals surface area contributed by atoms with Gasteiger partial charge >= 0.3 is 0 Å². The Balaban J connectivity index is 2.12. The van der Waals surface area contributed by atoms with Crippen LogP contribution in [0, 0.1) is 5.82 Å². The highest BCUT2D eigenvalue weighted by Crippen LogP contribution is 2.24. The molecule has 0 bridgehead atoms. The number of aryl methyl sites for hydroxylation is 2. The number of rotatable bonds is 6. The van der Waals surface area contributed by atoms with Gasteiger partial charge in [0.05, 0.1) is 22.0 Å². The van der Waals surface area contributed by atoms with Crippen LogP contribution in [0.1, 0.15) is 30.8 Å². The minimum Gasteiger partial charge on any atom is -0.392 e. The Morgan fingerprint density at radius 3 is 2.71 bits per heavy atom. The molecule has 0 aliphatic rings. The molecule has 2 rings (SSSR count). The number of aromatic nitrogens is 2. The van der Waals surface area contributed by atoms with Crippen LogP contribution in [0.4, 0.5) is 4.39 Å². The highest BCUT2D eigenvalue weighted by atomic mass is 79.9. The van der Waals surface area contributed by atoms with Crippen LogP contribution in [-0.2, 0) is 25.8 Å². The zero-order valence-electron chi connectivity index (χ0n) is 12.3. The summed E-state index contributed by atoms with van der Waals surface area (Å²) in [5, 5.41) is 14.8. The van der Waals surface area contributed by atoms with Crippen molar-refractivity contribution in [1.82, 2.24) is 9.78 Å². The van der Waals surface area contributed by atoms with E-state index in [0.29, 0.717) is 12.8 Å². The molecule has 2 aromatic rings. The summed E-state index contributed by atoms with van der Waals surface area (Å²) in [6.07, 6.45) is 1.22. The van der Waals surface area contributed by atoms with E-state index in [-0.39, 0.29) is 5.82 Å². The third-order valence-corrected chi connectivity index (χ3v) is 4.40. The van der Waals surface area contributed by atoms with E-state index >= 15 is 0 Å². The van der Waals surface area contributed by atoms with Crippen molar-refractivity contribution in [3.8, 4) is 0 Å². The highest BCUT2D eigenvalue weighted by Gasteiger charge is 2.17. The van der Waals surface area contributed by atoms with Gasteiger partial charge in [0, 0.05) is 13.0 Å². The van der Waals surface area contributed by atoms with Crippen molar-refractivity contribution in [2.24, 2.45) is 0 Å². The molecule has 0 saturated heterocycles. The van der Waals surface area contributed by atoms with Gasteiger partial charge in [-0.25, -0.2) is 4.39 Å². The summed E-state index contributed by atoms with van der Waals surface area (Å²) in [5.41, 5.74) is 2.81. The Kier molecular flexibility index (Phi) is 5.53. The molecule has 1 unspecified atom stereocenters. The zero-order valence-corrected chi connectivity index (χ0v) is 13.9. The van der Waals surface area contributed by atoms with Crippen molar-refractivity contribution in [2.75, 3.05) is 0 Å². The normalized spacial score (nSPS) is 12.6. The van der Waals surface area contributed by atoms with Gasteiger partial charge in [0.2, 0.25) is 0 Å². The second kappa shape index (κ2) is 7.18. The van der Waals surface area contributed by atoms with E-state index in [4.69, 9.17) is 0 Å². The molecule has 1 atom stereocenters. The molecule has 1 aromatic carbocycles. The average Bonchev–Trinajstić information content (AvgIpc) is 2.75. The maximum Gasteiger partial charge on any atom is 0.123 e. The smallest absolute Gasteiger partial charge is 0.123 e. The minimum absolute atomic E-state index is 0.271.